The van der Waals surface area contributed by atoms with Crippen molar-refractivity contribution in [2.24, 2.45) is 5.41 Å². The number of halogens is 2. The van der Waals surface area contributed by atoms with Crippen molar-refractivity contribution in [2.75, 3.05) is 5.73 Å². The molecule has 0 aromatic heterocycles. The van der Waals surface area contributed by atoms with Gasteiger partial charge >= 0.3 is 0 Å². The number of carbonyl (C=O) groups excluding carboxylic acids is 1. The number of benzene rings is 1. The lowest BCUT2D eigenvalue weighted by atomic mass is 9.88. The Hall–Kier alpha value is -1.65. The van der Waals surface area contributed by atoms with E-state index in [4.69, 9.17) is 5.73 Å². The van der Waals surface area contributed by atoms with E-state index in [0.717, 1.165) is 12.1 Å². The predicted molar refractivity (Wildman–Crippen MR) is 67.2 cm³/mol. The number of nitrogens with two attached hydrogens (primary N) is 1. The topological polar surface area (TPSA) is 55.1 Å². The zero-order chi connectivity index (χ0) is 14.1. The van der Waals surface area contributed by atoms with Crippen LogP contribution in [0.25, 0.3) is 0 Å². The number of hydrogen-bond donors (Lipinski definition) is 2. The molecule has 0 spiro atoms. The quantitative estimate of drug-likeness (QED) is 0.799. The molecule has 0 bridgehead atoms. The Morgan fingerprint density at radius 1 is 1.28 bits per heavy atom. The highest BCUT2D eigenvalue weighted by atomic mass is 19.1. The van der Waals surface area contributed by atoms with Crippen LogP contribution in [-0.4, -0.2) is 11.9 Å². The third-order valence-corrected chi connectivity index (χ3v) is 2.99. The molecule has 0 saturated heterocycles. The van der Waals surface area contributed by atoms with Gasteiger partial charge in [-0.1, -0.05) is 20.8 Å². The molecular formula is C13H18F2N2O. The minimum absolute atomic E-state index is 0.0738. The van der Waals surface area contributed by atoms with Gasteiger partial charge in [-0.15, -0.1) is 0 Å². The minimum atomic E-state index is -0.927. The maximum Gasteiger partial charge on any atom is 0.251 e. The number of nitrogen functional groups attached to an aromatic ring is 1. The molecule has 100 valence electrons. The van der Waals surface area contributed by atoms with E-state index >= 15 is 0 Å². The van der Waals surface area contributed by atoms with Crippen LogP contribution >= 0.6 is 0 Å². The van der Waals surface area contributed by atoms with Crippen LogP contribution in [0.15, 0.2) is 12.1 Å². The molecule has 0 fully saturated rings. The van der Waals surface area contributed by atoms with Crippen molar-refractivity contribution in [3.63, 3.8) is 0 Å². The Balaban J connectivity index is 2.92. The van der Waals surface area contributed by atoms with Gasteiger partial charge in [0.25, 0.3) is 5.91 Å². The smallest absolute Gasteiger partial charge is 0.251 e. The first-order chi connectivity index (χ1) is 8.12. The molecule has 3 N–H and O–H groups in total. The number of nitrogens with one attached hydrogen (secondary N) is 1. The van der Waals surface area contributed by atoms with Crippen LogP contribution in [0, 0.1) is 17.0 Å². The Morgan fingerprint density at radius 2 is 1.72 bits per heavy atom. The van der Waals surface area contributed by atoms with Crippen LogP contribution in [-0.2, 0) is 0 Å². The lowest BCUT2D eigenvalue weighted by Crippen LogP contribution is -2.41. The van der Waals surface area contributed by atoms with Crippen LogP contribution < -0.4 is 11.1 Å². The number of anilines is 1. The first-order valence-electron chi connectivity index (χ1n) is 5.68. The molecule has 1 rings (SSSR count). The van der Waals surface area contributed by atoms with Gasteiger partial charge in [0.1, 0.15) is 17.3 Å². The standard InChI is InChI=1S/C13H18F2N2O/c1-7(13(2,3)4)17-12(18)8-5-9(14)11(16)10(15)6-8/h5-7H,16H2,1-4H3,(H,17,18). The molecule has 1 unspecified atom stereocenters. The first-order valence-corrected chi connectivity index (χ1v) is 5.68. The summed E-state index contributed by atoms with van der Waals surface area (Å²) in [6.45, 7) is 7.72. The van der Waals surface area contributed by atoms with Crippen molar-refractivity contribution in [1.82, 2.24) is 5.32 Å². The monoisotopic (exact) mass is 256 g/mol. The molecule has 1 atom stereocenters. The summed E-state index contributed by atoms with van der Waals surface area (Å²) in [4.78, 5) is 11.8. The predicted octanol–water partition coefficient (Wildman–Crippen LogP) is 2.71. The van der Waals surface area contributed by atoms with E-state index in [2.05, 4.69) is 5.32 Å². The Bertz CT molecular complexity index is 444. The van der Waals surface area contributed by atoms with Gasteiger partial charge in [-0.3, -0.25) is 4.79 Å². The van der Waals surface area contributed by atoms with Gasteiger partial charge in [0.2, 0.25) is 0 Å². The first kappa shape index (κ1) is 14.4. The number of amides is 1. The van der Waals surface area contributed by atoms with E-state index in [1.165, 1.54) is 0 Å². The summed E-state index contributed by atoms with van der Waals surface area (Å²) in [5.41, 5.74) is 4.35. The van der Waals surface area contributed by atoms with Crippen LogP contribution in [0.4, 0.5) is 14.5 Å². The van der Waals surface area contributed by atoms with E-state index < -0.39 is 23.2 Å². The average Bonchev–Trinajstić information content (AvgIpc) is 2.23. The second kappa shape index (κ2) is 4.92. The Labute approximate surface area is 105 Å². The SMILES string of the molecule is CC(NC(=O)c1cc(F)c(N)c(F)c1)C(C)(C)C. The van der Waals surface area contributed by atoms with Gasteiger partial charge in [0.15, 0.2) is 0 Å². The van der Waals surface area contributed by atoms with E-state index in [1.807, 2.05) is 27.7 Å². The molecule has 1 aromatic carbocycles. The largest absolute Gasteiger partial charge is 0.394 e. The maximum absolute atomic E-state index is 13.2. The van der Waals surface area contributed by atoms with Crippen LogP contribution in [0.5, 0.6) is 0 Å². The molecule has 18 heavy (non-hydrogen) atoms. The van der Waals surface area contributed by atoms with Gasteiger partial charge in [-0.05, 0) is 24.5 Å². The van der Waals surface area contributed by atoms with Crippen LogP contribution in [0.1, 0.15) is 38.1 Å². The zero-order valence-corrected chi connectivity index (χ0v) is 11.0. The Morgan fingerprint density at radius 3 is 2.11 bits per heavy atom. The van der Waals surface area contributed by atoms with E-state index in [0.29, 0.717) is 0 Å². The maximum atomic E-state index is 13.2. The van der Waals surface area contributed by atoms with Gasteiger partial charge in [-0.2, -0.15) is 0 Å². The summed E-state index contributed by atoms with van der Waals surface area (Å²) in [6.07, 6.45) is 0. The third-order valence-electron chi connectivity index (χ3n) is 2.99. The minimum Gasteiger partial charge on any atom is -0.394 e. The van der Waals surface area contributed by atoms with E-state index in [1.54, 1.807) is 0 Å². The Kier molecular flexibility index (Phi) is 3.94. The van der Waals surface area contributed by atoms with Gasteiger partial charge in [-0.25, -0.2) is 8.78 Å². The lowest BCUT2D eigenvalue weighted by Gasteiger charge is -2.28. The summed E-state index contributed by atoms with van der Waals surface area (Å²) in [7, 11) is 0. The van der Waals surface area contributed by atoms with Gasteiger partial charge < -0.3 is 11.1 Å². The van der Waals surface area contributed by atoms with Crippen molar-refractivity contribution in [3.05, 3.63) is 29.3 Å². The molecule has 1 amide bonds. The molecule has 0 aliphatic heterocycles. The summed E-state index contributed by atoms with van der Waals surface area (Å²) in [5, 5.41) is 2.70. The van der Waals surface area contributed by atoms with Crippen molar-refractivity contribution >= 4 is 11.6 Å². The van der Waals surface area contributed by atoms with Crippen molar-refractivity contribution in [1.29, 1.82) is 0 Å². The van der Waals surface area contributed by atoms with Crippen molar-refractivity contribution < 1.29 is 13.6 Å². The number of hydrogen-bond acceptors (Lipinski definition) is 2. The molecule has 0 aliphatic rings. The molecule has 0 heterocycles. The number of carbonyl (C=O) groups is 1. The lowest BCUT2D eigenvalue weighted by molar-refractivity contribution is 0.0909. The van der Waals surface area contributed by atoms with Gasteiger partial charge in [0.05, 0.1) is 0 Å². The summed E-state index contributed by atoms with van der Waals surface area (Å²) >= 11 is 0. The number of rotatable bonds is 2. The van der Waals surface area contributed by atoms with Crippen LogP contribution in [0.2, 0.25) is 0 Å². The molecule has 0 radical (unpaired) electrons. The second-order valence-corrected chi connectivity index (χ2v) is 5.41. The molecule has 5 heteroatoms. The molecule has 3 nitrogen and oxygen atoms in total. The molecule has 0 aliphatic carbocycles. The van der Waals surface area contributed by atoms with Crippen molar-refractivity contribution in [3.8, 4) is 0 Å². The highest BCUT2D eigenvalue weighted by molar-refractivity contribution is 5.94. The fourth-order valence-corrected chi connectivity index (χ4v) is 1.21. The fraction of sp³-hybridized carbons (Fsp3) is 0.462. The average molecular weight is 256 g/mol. The summed E-state index contributed by atoms with van der Waals surface area (Å²) in [6, 6.07) is 1.74. The molecular weight excluding hydrogens is 238 g/mol. The van der Waals surface area contributed by atoms with Gasteiger partial charge in [0, 0.05) is 11.6 Å². The van der Waals surface area contributed by atoms with Crippen LogP contribution in [0.3, 0.4) is 0 Å². The summed E-state index contributed by atoms with van der Waals surface area (Å²) < 4.78 is 26.5. The molecule has 0 saturated carbocycles. The normalized spacial score (nSPS) is 13.2. The third kappa shape index (κ3) is 3.18. The van der Waals surface area contributed by atoms with Crippen molar-refractivity contribution in [2.45, 2.75) is 33.7 Å². The highest BCUT2D eigenvalue weighted by Crippen LogP contribution is 2.20. The van der Waals surface area contributed by atoms with E-state index in [9.17, 15) is 13.6 Å². The second-order valence-electron chi connectivity index (χ2n) is 5.41. The zero-order valence-electron chi connectivity index (χ0n) is 11.0. The molecule has 1 aromatic rings. The fourth-order valence-electron chi connectivity index (χ4n) is 1.21. The highest BCUT2D eigenvalue weighted by Gasteiger charge is 2.23. The summed E-state index contributed by atoms with van der Waals surface area (Å²) in [5.74, 6) is -2.37. The van der Waals surface area contributed by atoms with E-state index in [-0.39, 0.29) is 17.0 Å².